The molecule has 5 heterocycles. The molecule has 0 amide bonds. The molecule has 0 unspecified atom stereocenters. The summed E-state index contributed by atoms with van der Waals surface area (Å²) in [7, 11) is 1.85. The number of pyridine rings is 1. The van der Waals surface area contributed by atoms with E-state index in [1.807, 2.05) is 42.2 Å². The molecule has 0 aliphatic carbocycles. The number of anilines is 2. The van der Waals surface area contributed by atoms with E-state index >= 15 is 0 Å². The molecule has 1 aliphatic rings. The van der Waals surface area contributed by atoms with Crippen LogP contribution in [-0.2, 0) is 7.05 Å². The van der Waals surface area contributed by atoms with Crippen LogP contribution in [0.4, 0.5) is 11.6 Å². The van der Waals surface area contributed by atoms with Gasteiger partial charge in [-0.3, -0.25) is 4.68 Å². The Labute approximate surface area is 249 Å². The van der Waals surface area contributed by atoms with Crippen molar-refractivity contribution in [2.45, 2.75) is 33.2 Å². The fourth-order valence-corrected chi connectivity index (χ4v) is 5.30. The molecule has 1 N–H and O–H groups in total. The van der Waals surface area contributed by atoms with Crippen LogP contribution in [-0.4, -0.2) is 72.3 Å². The molecule has 0 fully saturated rings. The predicted molar refractivity (Wildman–Crippen MR) is 164 cm³/mol. The average Bonchev–Trinajstić information content (AvgIpc) is 3.56. The Balaban J connectivity index is 1.38. The van der Waals surface area contributed by atoms with Gasteiger partial charge in [-0.25, -0.2) is 19.6 Å². The zero-order valence-corrected chi connectivity index (χ0v) is 25.0. The normalized spacial score (nSPS) is 14.9. The number of halogens is 1. The molecular formula is C30H34ClN9O2. The number of nitrogens with one attached hydrogen (secondary N) is 1. The largest absolute Gasteiger partial charge is 0.491 e. The summed E-state index contributed by atoms with van der Waals surface area (Å²) in [6.45, 7) is 10.2. The molecule has 1 atom stereocenters. The molecular weight excluding hydrogens is 554 g/mol. The number of likely N-dealkylation sites (N-methyl/N-ethyl adjacent to an activating group) is 1. The number of benzene rings is 1. The number of aryl methyl sites for hydroxylation is 1. The van der Waals surface area contributed by atoms with Gasteiger partial charge in [0, 0.05) is 49.4 Å². The zero-order chi connectivity index (χ0) is 29.2. The molecule has 4 bridgehead atoms. The van der Waals surface area contributed by atoms with Gasteiger partial charge in [0.25, 0.3) is 0 Å². The maximum atomic E-state index is 6.54. The van der Waals surface area contributed by atoms with Crippen LogP contribution in [0.15, 0.2) is 48.9 Å². The Morgan fingerprint density at radius 3 is 2.81 bits per heavy atom. The molecule has 12 heteroatoms. The first-order valence-electron chi connectivity index (χ1n) is 14.2. The van der Waals surface area contributed by atoms with Crippen molar-refractivity contribution in [1.82, 2.24) is 39.4 Å². The second-order valence-corrected chi connectivity index (χ2v) is 10.7. The SMILES string of the molecule is CCN(CC)CCOc1cc(-c2nn3c4cc(ncc24)Nc2ccnc(n2)-c2cnn(C)c2OCC[C@@H]3C)ccc1Cl. The number of hydrogen-bond donors (Lipinski definition) is 1. The molecule has 42 heavy (non-hydrogen) atoms. The maximum absolute atomic E-state index is 6.54. The van der Waals surface area contributed by atoms with Gasteiger partial charge in [0.05, 0.1) is 29.4 Å². The monoisotopic (exact) mass is 587 g/mol. The van der Waals surface area contributed by atoms with Gasteiger partial charge in [-0.05, 0) is 38.2 Å². The lowest BCUT2D eigenvalue weighted by Crippen LogP contribution is -2.27. The summed E-state index contributed by atoms with van der Waals surface area (Å²) in [5.74, 6) is 3.06. The lowest BCUT2D eigenvalue weighted by atomic mass is 10.1. The molecule has 0 saturated carbocycles. The quantitative estimate of drug-likeness (QED) is 0.254. The third-order valence-electron chi connectivity index (χ3n) is 7.58. The summed E-state index contributed by atoms with van der Waals surface area (Å²) in [4.78, 5) is 16.2. The molecule has 0 saturated heterocycles. The van der Waals surface area contributed by atoms with E-state index in [2.05, 4.69) is 41.1 Å². The Morgan fingerprint density at radius 2 is 1.98 bits per heavy atom. The molecule has 0 radical (unpaired) electrons. The van der Waals surface area contributed by atoms with Gasteiger partial charge in [0.15, 0.2) is 5.82 Å². The summed E-state index contributed by atoms with van der Waals surface area (Å²) >= 11 is 6.54. The minimum Gasteiger partial charge on any atom is -0.491 e. The van der Waals surface area contributed by atoms with E-state index in [1.165, 1.54) is 0 Å². The standard InChI is InChI=1S/C30H34ClN9O2/c1-5-39(6-2)12-14-41-25-15-20(7-8-23(25)31)28-21-17-33-27-16-24(21)40(37-28)19(3)10-13-42-30-22(18-34-38(30)4)29-32-11-9-26(35-27)36-29/h7-9,11,15-19H,5-6,10,12-14H2,1-4H3,(H,32,33,35,36)/t19-/m0/s1. The molecule has 1 aliphatic heterocycles. The fourth-order valence-electron chi connectivity index (χ4n) is 5.12. The second-order valence-electron chi connectivity index (χ2n) is 10.3. The third kappa shape index (κ3) is 5.49. The Hall–Kier alpha value is -4.22. The first-order valence-corrected chi connectivity index (χ1v) is 14.6. The maximum Gasteiger partial charge on any atom is 0.222 e. The van der Waals surface area contributed by atoms with Gasteiger partial charge in [-0.1, -0.05) is 31.5 Å². The Kier molecular flexibility index (Phi) is 7.94. The lowest BCUT2D eigenvalue weighted by molar-refractivity contribution is 0.223. The highest BCUT2D eigenvalue weighted by Crippen LogP contribution is 2.36. The van der Waals surface area contributed by atoms with Crippen LogP contribution in [0.25, 0.3) is 33.5 Å². The molecule has 11 nitrogen and oxygen atoms in total. The molecule has 6 rings (SSSR count). The van der Waals surface area contributed by atoms with E-state index in [4.69, 9.17) is 36.1 Å². The summed E-state index contributed by atoms with van der Waals surface area (Å²) in [6.07, 6.45) is 5.99. The van der Waals surface area contributed by atoms with Crippen LogP contribution in [0.3, 0.4) is 0 Å². The molecule has 218 valence electrons. The van der Waals surface area contributed by atoms with Crippen LogP contribution in [0.1, 0.15) is 33.2 Å². The number of aromatic nitrogens is 7. The first kappa shape index (κ1) is 27.9. The zero-order valence-electron chi connectivity index (χ0n) is 24.2. The topological polar surface area (TPSA) is 108 Å². The minimum absolute atomic E-state index is 0.0299. The van der Waals surface area contributed by atoms with Crippen LogP contribution in [0, 0.1) is 0 Å². The van der Waals surface area contributed by atoms with E-state index in [-0.39, 0.29) is 6.04 Å². The van der Waals surface area contributed by atoms with E-state index in [0.29, 0.717) is 53.7 Å². The van der Waals surface area contributed by atoms with Gasteiger partial charge in [-0.15, -0.1) is 0 Å². The number of hydrogen-bond acceptors (Lipinski definition) is 9. The van der Waals surface area contributed by atoms with E-state index < -0.39 is 0 Å². The highest BCUT2D eigenvalue weighted by Gasteiger charge is 2.21. The summed E-state index contributed by atoms with van der Waals surface area (Å²) in [5, 5.41) is 14.3. The van der Waals surface area contributed by atoms with Crippen LogP contribution in [0.5, 0.6) is 11.6 Å². The molecule has 5 aromatic rings. The average molecular weight is 588 g/mol. The molecule has 4 aromatic heterocycles. The highest BCUT2D eigenvalue weighted by atomic mass is 35.5. The summed E-state index contributed by atoms with van der Waals surface area (Å²) in [6, 6.07) is 9.64. The van der Waals surface area contributed by atoms with Crippen molar-refractivity contribution in [3.63, 3.8) is 0 Å². The fraction of sp³-hybridized carbons (Fsp3) is 0.367. The van der Waals surface area contributed by atoms with E-state index in [0.717, 1.165) is 47.4 Å². The van der Waals surface area contributed by atoms with Crippen LogP contribution in [0.2, 0.25) is 5.02 Å². The number of rotatable bonds is 7. The highest BCUT2D eigenvalue weighted by molar-refractivity contribution is 6.32. The van der Waals surface area contributed by atoms with Crippen LogP contribution >= 0.6 is 11.6 Å². The van der Waals surface area contributed by atoms with Crippen LogP contribution < -0.4 is 14.8 Å². The number of nitrogens with zero attached hydrogens (tertiary/aromatic N) is 8. The summed E-state index contributed by atoms with van der Waals surface area (Å²) in [5.41, 5.74) is 3.39. The lowest BCUT2D eigenvalue weighted by Gasteiger charge is -2.18. The molecule has 0 spiro atoms. The van der Waals surface area contributed by atoms with Crippen molar-refractivity contribution in [2.24, 2.45) is 7.05 Å². The van der Waals surface area contributed by atoms with Crippen molar-refractivity contribution in [1.29, 1.82) is 0 Å². The second kappa shape index (κ2) is 11.9. The first-order chi connectivity index (χ1) is 20.4. The van der Waals surface area contributed by atoms with Crippen molar-refractivity contribution in [3.05, 3.63) is 53.9 Å². The predicted octanol–water partition coefficient (Wildman–Crippen LogP) is 5.75. The van der Waals surface area contributed by atoms with Crippen molar-refractivity contribution in [2.75, 3.05) is 38.2 Å². The van der Waals surface area contributed by atoms with Gasteiger partial charge in [-0.2, -0.15) is 10.2 Å². The molecule has 1 aromatic carbocycles. The number of ether oxygens (including phenoxy) is 2. The van der Waals surface area contributed by atoms with E-state index in [9.17, 15) is 0 Å². The minimum atomic E-state index is 0.0299. The van der Waals surface area contributed by atoms with Crippen molar-refractivity contribution >= 4 is 34.1 Å². The summed E-state index contributed by atoms with van der Waals surface area (Å²) < 4.78 is 16.1. The van der Waals surface area contributed by atoms with Gasteiger partial charge < -0.3 is 19.7 Å². The smallest absolute Gasteiger partial charge is 0.222 e. The van der Waals surface area contributed by atoms with E-state index in [1.54, 1.807) is 23.1 Å². The van der Waals surface area contributed by atoms with Gasteiger partial charge >= 0.3 is 0 Å². The third-order valence-corrected chi connectivity index (χ3v) is 7.90. The number of fused-ring (bicyclic) bond motifs is 5. The van der Waals surface area contributed by atoms with Gasteiger partial charge in [0.1, 0.15) is 35.2 Å². The van der Waals surface area contributed by atoms with Gasteiger partial charge in [0.2, 0.25) is 5.88 Å². The Morgan fingerprint density at radius 1 is 1.12 bits per heavy atom. The van der Waals surface area contributed by atoms with Crippen molar-refractivity contribution in [3.8, 4) is 34.3 Å². The van der Waals surface area contributed by atoms with Crippen molar-refractivity contribution < 1.29 is 9.47 Å². The Bertz CT molecular complexity index is 1710.